The molecule has 2 aromatic carbocycles. The molecule has 0 saturated heterocycles. The molecule has 0 heterocycles. The lowest BCUT2D eigenvalue weighted by molar-refractivity contribution is -0.146. The maximum absolute atomic E-state index is 11.2. The molecule has 2 aromatic rings. The summed E-state index contributed by atoms with van der Waals surface area (Å²) < 4.78 is 5.38. The van der Waals surface area contributed by atoms with Crippen molar-refractivity contribution in [3.05, 3.63) is 71.8 Å². The normalized spacial score (nSPS) is 12.2. The van der Waals surface area contributed by atoms with Crippen LogP contribution in [0.1, 0.15) is 30.9 Å². The molecule has 98 valence electrons. The molecular formula is C17H18O2. The smallest absolute Gasteiger partial charge is 0.302 e. The third kappa shape index (κ3) is 3.44. The number of hydrogen-bond donors (Lipinski definition) is 0. The molecule has 0 spiro atoms. The SMILES string of the molecule is CC(=O)O[C@@H](C)C(c1ccccc1)c1ccccc1. The predicted octanol–water partition coefficient (Wildman–Crippen LogP) is 3.77. The quantitative estimate of drug-likeness (QED) is 0.776. The van der Waals surface area contributed by atoms with Crippen molar-refractivity contribution < 1.29 is 9.53 Å². The molecule has 0 fully saturated rings. The van der Waals surface area contributed by atoms with E-state index in [9.17, 15) is 4.79 Å². The van der Waals surface area contributed by atoms with Crippen LogP contribution in [0.15, 0.2) is 60.7 Å². The van der Waals surface area contributed by atoms with E-state index in [1.807, 2.05) is 43.3 Å². The summed E-state index contributed by atoms with van der Waals surface area (Å²) in [6.45, 7) is 3.38. The molecular weight excluding hydrogens is 236 g/mol. The monoisotopic (exact) mass is 254 g/mol. The summed E-state index contributed by atoms with van der Waals surface area (Å²) in [6, 6.07) is 20.3. The van der Waals surface area contributed by atoms with Gasteiger partial charge in [0.05, 0.1) is 0 Å². The van der Waals surface area contributed by atoms with Gasteiger partial charge < -0.3 is 4.74 Å². The first-order valence-corrected chi connectivity index (χ1v) is 6.45. The van der Waals surface area contributed by atoms with E-state index in [1.54, 1.807) is 0 Å². The fourth-order valence-corrected chi connectivity index (χ4v) is 2.39. The summed E-state index contributed by atoms with van der Waals surface area (Å²) in [5.74, 6) is -0.185. The van der Waals surface area contributed by atoms with E-state index in [0.717, 1.165) is 11.1 Å². The number of benzene rings is 2. The van der Waals surface area contributed by atoms with Crippen molar-refractivity contribution in [2.24, 2.45) is 0 Å². The Kier molecular flexibility index (Phi) is 4.35. The molecule has 0 N–H and O–H groups in total. The molecule has 0 bridgehead atoms. The Morgan fingerprint density at radius 2 is 1.32 bits per heavy atom. The highest BCUT2D eigenvalue weighted by Gasteiger charge is 2.23. The maximum atomic E-state index is 11.2. The van der Waals surface area contributed by atoms with Crippen LogP contribution in [-0.2, 0) is 9.53 Å². The Morgan fingerprint density at radius 3 is 1.68 bits per heavy atom. The second-order valence-electron chi connectivity index (χ2n) is 4.61. The first-order chi connectivity index (χ1) is 9.18. The summed E-state index contributed by atoms with van der Waals surface area (Å²) >= 11 is 0. The fourth-order valence-electron chi connectivity index (χ4n) is 2.39. The summed E-state index contributed by atoms with van der Waals surface area (Å²) in [5.41, 5.74) is 2.31. The number of esters is 1. The van der Waals surface area contributed by atoms with E-state index in [4.69, 9.17) is 4.74 Å². The highest BCUT2D eigenvalue weighted by atomic mass is 16.5. The van der Waals surface area contributed by atoms with Crippen molar-refractivity contribution >= 4 is 5.97 Å². The summed E-state index contributed by atoms with van der Waals surface area (Å²) in [7, 11) is 0. The summed E-state index contributed by atoms with van der Waals surface area (Å²) in [6.07, 6.45) is -0.192. The third-order valence-corrected chi connectivity index (χ3v) is 3.14. The lowest BCUT2D eigenvalue weighted by Gasteiger charge is -2.24. The van der Waals surface area contributed by atoms with Crippen LogP contribution in [0.5, 0.6) is 0 Å². The van der Waals surface area contributed by atoms with Gasteiger partial charge in [-0.3, -0.25) is 4.79 Å². The van der Waals surface area contributed by atoms with Gasteiger partial charge in [-0.15, -0.1) is 0 Å². The van der Waals surface area contributed by atoms with E-state index < -0.39 is 0 Å². The molecule has 0 unspecified atom stereocenters. The Bertz CT molecular complexity index is 480. The van der Waals surface area contributed by atoms with Crippen molar-refractivity contribution in [1.82, 2.24) is 0 Å². The number of ether oxygens (including phenoxy) is 1. The molecule has 2 rings (SSSR count). The van der Waals surface area contributed by atoms with Crippen LogP contribution in [0.25, 0.3) is 0 Å². The van der Waals surface area contributed by atoms with Gasteiger partial charge in [0, 0.05) is 12.8 Å². The van der Waals surface area contributed by atoms with Gasteiger partial charge >= 0.3 is 5.97 Å². The van der Waals surface area contributed by atoms with E-state index in [0.29, 0.717) is 0 Å². The molecule has 0 radical (unpaired) electrons. The van der Waals surface area contributed by atoms with Crippen molar-refractivity contribution in [2.45, 2.75) is 25.9 Å². The molecule has 0 aliphatic rings. The molecule has 0 aromatic heterocycles. The average molecular weight is 254 g/mol. The lowest BCUT2D eigenvalue weighted by Crippen LogP contribution is -2.22. The Hall–Kier alpha value is -2.09. The van der Waals surface area contributed by atoms with Crippen molar-refractivity contribution in [1.29, 1.82) is 0 Å². The number of hydrogen-bond acceptors (Lipinski definition) is 2. The Morgan fingerprint density at radius 1 is 0.895 bits per heavy atom. The zero-order valence-corrected chi connectivity index (χ0v) is 11.2. The minimum atomic E-state index is -0.246. The minimum absolute atomic E-state index is 0.0614. The van der Waals surface area contributed by atoms with E-state index in [2.05, 4.69) is 24.3 Å². The minimum Gasteiger partial charge on any atom is -0.462 e. The third-order valence-electron chi connectivity index (χ3n) is 3.14. The number of carbonyl (C=O) groups excluding carboxylic acids is 1. The maximum Gasteiger partial charge on any atom is 0.302 e. The van der Waals surface area contributed by atoms with Gasteiger partial charge in [-0.25, -0.2) is 0 Å². The van der Waals surface area contributed by atoms with Crippen LogP contribution in [0.2, 0.25) is 0 Å². The molecule has 0 amide bonds. The van der Waals surface area contributed by atoms with Crippen LogP contribution in [0.3, 0.4) is 0 Å². The second kappa shape index (κ2) is 6.19. The zero-order valence-electron chi connectivity index (χ0n) is 11.2. The first-order valence-electron chi connectivity index (χ1n) is 6.45. The number of rotatable bonds is 4. The fraction of sp³-hybridized carbons (Fsp3) is 0.235. The Labute approximate surface area is 114 Å². The molecule has 0 saturated carbocycles. The second-order valence-corrected chi connectivity index (χ2v) is 4.61. The van der Waals surface area contributed by atoms with E-state index >= 15 is 0 Å². The molecule has 0 aliphatic heterocycles. The topological polar surface area (TPSA) is 26.3 Å². The van der Waals surface area contributed by atoms with Gasteiger partial charge in [0.25, 0.3) is 0 Å². The van der Waals surface area contributed by atoms with Crippen LogP contribution in [0, 0.1) is 0 Å². The highest BCUT2D eigenvalue weighted by molar-refractivity contribution is 5.66. The molecule has 2 heteroatoms. The van der Waals surface area contributed by atoms with Gasteiger partial charge in [-0.05, 0) is 18.1 Å². The van der Waals surface area contributed by atoms with Gasteiger partial charge in [0.15, 0.2) is 0 Å². The van der Waals surface area contributed by atoms with Gasteiger partial charge in [-0.1, -0.05) is 60.7 Å². The molecule has 19 heavy (non-hydrogen) atoms. The Balaban J connectivity index is 2.37. The lowest BCUT2D eigenvalue weighted by atomic mass is 9.87. The average Bonchev–Trinajstić information content (AvgIpc) is 2.40. The predicted molar refractivity (Wildman–Crippen MR) is 76.0 cm³/mol. The van der Waals surface area contributed by atoms with Gasteiger partial charge in [0.1, 0.15) is 6.10 Å². The molecule has 0 aliphatic carbocycles. The summed E-state index contributed by atoms with van der Waals surface area (Å²) in [4.78, 5) is 11.2. The van der Waals surface area contributed by atoms with Gasteiger partial charge in [-0.2, -0.15) is 0 Å². The standard InChI is InChI=1S/C17H18O2/c1-13(19-14(2)18)17(15-9-5-3-6-10-15)16-11-7-4-8-12-16/h3-13,17H,1-2H3/t13-/m0/s1. The number of carbonyl (C=O) groups is 1. The largest absolute Gasteiger partial charge is 0.462 e. The van der Waals surface area contributed by atoms with Gasteiger partial charge in [0.2, 0.25) is 0 Å². The zero-order chi connectivity index (χ0) is 13.7. The van der Waals surface area contributed by atoms with Crippen molar-refractivity contribution in [3.8, 4) is 0 Å². The van der Waals surface area contributed by atoms with Crippen LogP contribution in [-0.4, -0.2) is 12.1 Å². The molecule has 2 nitrogen and oxygen atoms in total. The highest BCUT2D eigenvalue weighted by Crippen LogP contribution is 2.29. The van der Waals surface area contributed by atoms with E-state index in [1.165, 1.54) is 6.92 Å². The van der Waals surface area contributed by atoms with Crippen molar-refractivity contribution in [2.75, 3.05) is 0 Å². The van der Waals surface area contributed by atoms with Crippen LogP contribution < -0.4 is 0 Å². The first kappa shape index (κ1) is 13.3. The van der Waals surface area contributed by atoms with Crippen LogP contribution >= 0.6 is 0 Å². The van der Waals surface area contributed by atoms with E-state index in [-0.39, 0.29) is 18.0 Å². The van der Waals surface area contributed by atoms with Crippen LogP contribution in [0.4, 0.5) is 0 Å². The van der Waals surface area contributed by atoms with Crippen molar-refractivity contribution in [3.63, 3.8) is 0 Å². The summed E-state index contributed by atoms with van der Waals surface area (Å²) in [5, 5.41) is 0. The molecule has 1 atom stereocenters.